The summed E-state index contributed by atoms with van der Waals surface area (Å²) in [5.74, 6) is -0.155. The van der Waals surface area contributed by atoms with Crippen molar-refractivity contribution in [1.29, 1.82) is 0 Å². The van der Waals surface area contributed by atoms with E-state index in [0.29, 0.717) is 18.5 Å². The Labute approximate surface area is 208 Å². The maximum Gasteiger partial charge on any atom is 0.363 e. The first-order chi connectivity index (χ1) is 17.5. The van der Waals surface area contributed by atoms with Crippen LogP contribution in [0.15, 0.2) is 71.9 Å². The van der Waals surface area contributed by atoms with Gasteiger partial charge < -0.3 is 20.0 Å². The largest absolute Gasteiger partial charge is 0.367 e. The van der Waals surface area contributed by atoms with Crippen molar-refractivity contribution < 1.29 is 4.92 Å². The first-order valence-electron chi connectivity index (χ1n) is 12.1. The van der Waals surface area contributed by atoms with Crippen LogP contribution in [-0.4, -0.2) is 43.9 Å². The highest BCUT2D eigenvalue weighted by atomic mass is 16.6. The zero-order valence-corrected chi connectivity index (χ0v) is 20.1. The predicted molar refractivity (Wildman–Crippen MR) is 139 cm³/mol. The average Bonchev–Trinajstić information content (AvgIpc) is 2.90. The molecule has 9 nitrogen and oxygen atoms in total. The zero-order valence-electron chi connectivity index (χ0n) is 20.1. The molecule has 1 atom stereocenters. The Hall–Kier alpha value is -4.11. The normalized spacial score (nSPS) is 15.9. The number of pyridine rings is 3. The molecule has 0 bridgehead atoms. The number of nitrogens with one attached hydrogen (secondary N) is 1. The number of aromatic amines is 1. The van der Waals surface area contributed by atoms with Gasteiger partial charge in [0.15, 0.2) is 11.6 Å². The van der Waals surface area contributed by atoms with Crippen molar-refractivity contribution in [1.82, 2.24) is 19.9 Å². The van der Waals surface area contributed by atoms with Gasteiger partial charge in [-0.05, 0) is 65.6 Å². The van der Waals surface area contributed by atoms with Crippen molar-refractivity contribution >= 4 is 22.4 Å². The van der Waals surface area contributed by atoms with Gasteiger partial charge in [-0.25, -0.2) is 0 Å². The molecule has 1 aliphatic heterocycles. The van der Waals surface area contributed by atoms with Gasteiger partial charge in [0.1, 0.15) is 0 Å². The van der Waals surface area contributed by atoms with Gasteiger partial charge in [0.2, 0.25) is 0 Å². The molecule has 36 heavy (non-hydrogen) atoms. The van der Waals surface area contributed by atoms with E-state index >= 15 is 0 Å². The van der Waals surface area contributed by atoms with Gasteiger partial charge in [-0.3, -0.25) is 14.7 Å². The maximum absolute atomic E-state index is 13.3. The predicted octanol–water partition coefficient (Wildman–Crippen LogP) is 4.21. The molecule has 0 aliphatic carbocycles. The van der Waals surface area contributed by atoms with Crippen LogP contribution in [0, 0.1) is 17.0 Å². The summed E-state index contributed by atoms with van der Waals surface area (Å²) in [5.41, 5.74) is 4.58. The lowest BCUT2D eigenvalue weighted by molar-refractivity contribution is -0.389. The Balaban J connectivity index is 1.43. The molecule has 3 aromatic heterocycles. The smallest absolute Gasteiger partial charge is 0.363 e. The van der Waals surface area contributed by atoms with Crippen LogP contribution in [0.5, 0.6) is 0 Å². The van der Waals surface area contributed by atoms with E-state index in [4.69, 9.17) is 0 Å². The van der Waals surface area contributed by atoms with Crippen molar-refractivity contribution in [3.63, 3.8) is 0 Å². The summed E-state index contributed by atoms with van der Waals surface area (Å²) in [7, 11) is 0. The summed E-state index contributed by atoms with van der Waals surface area (Å²) in [6, 6.07) is 15.1. The molecule has 4 aromatic rings. The SMILES string of the molecule is Cc1cc(CN(Cc2c[nH]c3ccccc3c2=O)[C@H]2CCCN(c3ccc([N+](=O)[O-])nc3)C2)ccn1. The molecular formula is C27H28N6O3. The van der Waals surface area contributed by atoms with E-state index in [2.05, 4.69) is 30.8 Å². The number of para-hydroxylation sites is 1. The average molecular weight is 485 g/mol. The number of aromatic nitrogens is 3. The van der Waals surface area contributed by atoms with Crippen LogP contribution < -0.4 is 10.3 Å². The fourth-order valence-electron chi connectivity index (χ4n) is 4.96. The molecule has 0 radical (unpaired) electrons. The van der Waals surface area contributed by atoms with Crippen LogP contribution >= 0.6 is 0 Å². The second kappa shape index (κ2) is 10.2. The first-order valence-corrected chi connectivity index (χ1v) is 12.1. The van der Waals surface area contributed by atoms with E-state index in [1.807, 2.05) is 49.6 Å². The molecule has 5 rings (SSSR count). The summed E-state index contributed by atoms with van der Waals surface area (Å²) in [4.78, 5) is 40.0. The highest BCUT2D eigenvalue weighted by molar-refractivity contribution is 5.78. The number of fused-ring (bicyclic) bond motifs is 1. The van der Waals surface area contributed by atoms with E-state index < -0.39 is 4.92 Å². The first kappa shape index (κ1) is 23.6. The topological polar surface area (TPSA) is 108 Å². The fraction of sp³-hybridized carbons (Fsp3) is 0.296. The van der Waals surface area contributed by atoms with Crippen LogP contribution in [0.4, 0.5) is 11.5 Å². The molecule has 0 saturated carbocycles. The van der Waals surface area contributed by atoms with Crippen molar-refractivity contribution in [2.45, 2.75) is 38.9 Å². The second-order valence-corrected chi connectivity index (χ2v) is 9.27. The number of hydrogen-bond donors (Lipinski definition) is 1. The lowest BCUT2D eigenvalue weighted by Crippen LogP contribution is -2.48. The molecule has 0 amide bonds. The number of rotatable bonds is 7. The van der Waals surface area contributed by atoms with Crippen LogP contribution in [0.1, 0.15) is 29.7 Å². The Morgan fingerprint density at radius 3 is 2.81 bits per heavy atom. The van der Waals surface area contributed by atoms with E-state index in [1.54, 1.807) is 12.3 Å². The van der Waals surface area contributed by atoms with Gasteiger partial charge in [0.25, 0.3) is 0 Å². The zero-order chi connectivity index (χ0) is 25.1. The van der Waals surface area contributed by atoms with Gasteiger partial charge in [-0.1, -0.05) is 12.1 Å². The molecule has 9 heteroatoms. The molecule has 1 aliphatic rings. The number of aryl methyl sites for hydroxylation is 1. The van der Waals surface area contributed by atoms with Gasteiger partial charge >= 0.3 is 5.82 Å². The number of piperidine rings is 1. The third-order valence-electron chi connectivity index (χ3n) is 6.78. The van der Waals surface area contributed by atoms with Crippen LogP contribution in [0.2, 0.25) is 0 Å². The molecule has 0 spiro atoms. The Kier molecular flexibility index (Phi) is 6.73. The maximum atomic E-state index is 13.3. The van der Waals surface area contributed by atoms with E-state index in [1.165, 1.54) is 6.07 Å². The van der Waals surface area contributed by atoms with Gasteiger partial charge in [-0.2, -0.15) is 0 Å². The summed E-state index contributed by atoms with van der Waals surface area (Å²) >= 11 is 0. The Morgan fingerprint density at radius 2 is 2.03 bits per heavy atom. The molecule has 1 saturated heterocycles. The number of nitro groups is 1. The molecule has 1 aromatic carbocycles. The quantitative estimate of drug-likeness (QED) is 0.309. The summed E-state index contributed by atoms with van der Waals surface area (Å²) in [6.07, 6.45) is 7.19. The van der Waals surface area contributed by atoms with Gasteiger partial charge in [0, 0.05) is 72.8 Å². The molecule has 1 fully saturated rings. The molecule has 4 heterocycles. The minimum Gasteiger partial charge on any atom is -0.367 e. The number of hydrogen-bond acceptors (Lipinski definition) is 7. The van der Waals surface area contributed by atoms with E-state index in [0.717, 1.165) is 54.0 Å². The summed E-state index contributed by atoms with van der Waals surface area (Å²) in [5, 5.41) is 11.7. The third kappa shape index (κ3) is 5.11. The minimum absolute atomic E-state index is 0.0486. The minimum atomic E-state index is -0.484. The van der Waals surface area contributed by atoms with Crippen molar-refractivity contribution in [3.05, 3.63) is 104 Å². The summed E-state index contributed by atoms with van der Waals surface area (Å²) < 4.78 is 0. The van der Waals surface area contributed by atoms with Crippen LogP contribution in [0.3, 0.4) is 0 Å². The standard InChI is InChI=1S/C27H28N6O3/c1-19-13-20(10-11-28-19)16-32(17-21-14-29-25-7-3-2-6-24(25)27(21)34)23-5-4-12-31(18-23)22-8-9-26(30-15-22)33(35)36/h2-3,6-11,13-15,23H,4-5,12,16-18H2,1H3,(H,29,34)/t23-/m0/s1. The molecule has 184 valence electrons. The highest BCUT2D eigenvalue weighted by Gasteiger charge is 2.27. The van der Waals surface area contributed by atoms with E-state index in [9.17, 15) is 14.9 Å². The second-order valence-electron chi connectivity index (χ2n) is 9.27. The third-order valence-corrected chi connectivity index (χ3v) is 6.78. The van der Waals surface area contributed by atoms with E-state index in [-0.39, 0.29) is 17.3 Å². The lowest BCUT2D eigenvalue weighted by Gasteiger charge is -2.40. The highest BCUT2D eigenvalue weighted by Crippen LogP contribution is 2.25. The summed E-state index contributed by atoms with van der Waals surface area (Å²) in [6.45, 7) is 4.78. The van der Waals surface area contributed by atoms with Crippen LogP contribution in [-0.2, 0) is 13.1 Å². The van der Waals surface area contributed by atoms with Gasteiger partial charge in [0.05, 0.1) is 5.69 Å². The fourth-order valence-corrected chi connectivity index (χ4v) is 4.96. The molecule has 0 unspecified atom stereocenters. The number of anilines is 1. The van der Waals surface area contributed by atoms with Crippen molar-refractivity contribution in [3.8, 4) is 0 Å². The van der Waals surface area contributed by atoms with Crippen molar-refractivity contribution in [2.75, 3.05) is 18.0 Å². The lowest BCUT2D eigenvalue weighted by atomic mass is 10.0. The molecular weight excluding hydrogens is 456 g/mol. The van der Waals surface area contributed by atoms with Crippen LogP contribution in [0.25, 0.3) is 10.9 Å². The number of H-pyrrole nitrogens is 1. The molecule has 1 N–H and O–H groups in total. The number of benzene rings is 1. The van der Waals surface area contributed by atoms with Crippen molar-refractivity contribution in [2.24, 2.45) is 0 Å². The van der Waals surface area contributed by atoms with Gasteiger partial charge in [-0.15, -0.1) is 0 Å². The Bertz CT molecular complexity index is 1440. The monoisotopic (exact) mass is 484 g/mol. The number of nitrogens with zero attached hydrogens (tertiary/aromatic N) is 5. The Morgan fingerprint density at radius 1 is 1.17 bits per heavy atom.